The molecule has 130 valence electrons. The van der Waals surface area contributed by atoms with Crippen LogP contribution in [0.1, 0.15) is 52.9 Å². The van der Waals surface area contributed by atoms with E-state index in [2.05, 4.69) is 5.32 Å². The van der Waals surface area contributed by atoms with E-state index in [0.29, 0.717) is 6.42 Å². The molecule has 0 spiro atoms. The van der Waals surface area contributed by atoms with E-state index in [9.17, 15) is 9.59 Å². The second-order valence-electron chi connectivity index (χ2n) is 6.17. The topological polar surface area (TPSA) is 75.6 Å². The number of carbonyl (C=O) groups is 2. The van der Waals surface area contributed by atoms with Crippen LogP contribution >= 0.6 is 0 Å². The van der Waals surface area contributed by atoms with Crippen molar-refractivity contribution in [3.63, 3.8) is 0 Å². The number of esters is 1. The molecule has 1 heterocycles. The van der Waals surface area contributed by atoms with Crippen LogP contribution in [-0.2, 0) is 14.3 Å². The number of amides is 1. The van der Waals surface area contributed by atoms with Crippen molar-refractivity contribution in [1.82, 2.24) is 5.32 Å². The zero-order valence-electron chi connectivity index (χ0n) is 14.4. The third-order valence-corrected chi connectivity index (χ3v) is 4.09. The lowest BCUT2D eigenvalue weighted by Gasteiger charge is -2.25. The van der Waals surface area contributed by atoms with Crippen molar-refractivity contribution in [2.75, 3.05) is 6.61 Å². The molecule has 0 aromatic rings. The smallest absolute Gasteiger partial charge is 0.303 e. The molecule has 23 heavy (non-hydrogen) atoms. The Labute approximate surface area is 138 Å². The molecule has 1 aliphatic rings. The number of nitrogens with one attached hydrogen (secondary N) is 1. The lowest BCUT2D eigenvalue weighted by Crippen LogP contribution is -2.40. The molecule has 1 rings (SSSR count). The monoisotopic (exact) mass is 323 g/mol. The van der Waals surface area contributed by atoms with E-state index in [0.717, 1.165) is 31.3 Å². The first-order valence-electron chi connectivity index (χ1n) is 8.36. The summed E-state index contributed by atoms with van der Waals surface area (Å²) < 4.78 is 5.34. The highest BCUT2D eigenvalue weighted by atomic mass is 16.5. The van der Waals surface area contributed by atoms with Gasteiger partial charge >= 0.3 is 5.97 Å². The molecule has 0 bridgehead atoms. The van der Waals surface area contributed by atoms with Gasteiger partial charge in [-0.2, -0.15) is 0 Å². The molecule has 3 atom stereocenters. The van der Waals surface area contributed by atoms with Crippen LogP contribution in [0.5, 0.6) is 0 Å². The van der Waals surface area contributed by atoms with Crippen molar-refractivity contribution in [2.24, 2.45) is 5.92 Å². The molecule has 2 N–H and O–H groups in total. The van der Waals surface area contributed by atoms with Crippen molar-refractivity contribution >= 4 is 11.9 Å². The Morgan fingerprint density at radius 3 is 2.74 bits per heavy atom. The summed E-state index contributed by atoms with van der Waals surface area (Å²) in [6, 6.07) is -0.164. The predicted octanol–water partition coefficient (Wildman–Crippen LogP) is 2.50. The standard InChI is InChI=1S/C18H29NO4/c1-13-9-10-16(23-15(3)21)7-5-4-6-8-17(22)19-18(13)14(2)11-12-20/h9-11,13,16,18,20H,4-8,12H2,1-3H3,(H,19,22). The van der Waals surface area contributed by atoms with Gasteiger partial charge in [0, 0.05) is 13.3 Å². The van der Waals surface area contributed by atoms with Crippen LogP contribution in [0, 0.1) is 5.92 Å². The van der Waals surface area contributed by atoms with Crippen LogP contribution in [0.25, 0.3) is 0 Å². The summed E-state index contributed by atoms with van der Waals surface area (Å²) in [5.74, 6) is -0.196. The Morgan fingerprint density at radius 2 is 2.09 bits per heavy atom. The first-order valence-corrected chi connectivity index (χ1v) is 8.36. The average molecular weight is 323 g/mol. The van der Waals surface area contributed by atoms with E-state index in [1.54, 1.807) is 6.08 Å². The maximum absolute atomic E-state index is 12.1. The molecule has 0 fully saturated rings. The Kier molecular flexibility index (Phi) is 8.62. The Hall–Kier alpha value is -1.62. The van der Waals surface area contributed by atoms with E-state index in [1.165, 1.54) is 6.92 Å². The number of rotatable bonds is 3. The first kappa shape index (κ1) is 19.4. The van der Waals surface area contributed by atoms with E-state index < -0.39 is 0 Å². The number of ether oxygens (including phenoxy) is 1. The molecule has 0 aromatic heterocycles. The minimum atomic E-state index is -0.277. The van der Waals surface area contributed by atoms with Gasteiger partial charge in [0.05, 0.1) is 12.6 Å². The molecular weight excluding hydrogens is 294 g/mol. The average Bonchev–Trinajstić information content (AvgIpc) is 2.47. The normalized spacial score (nSPS) is 27.6. The third kappa shape index (κ3) is 7.46. The maximum atomic E-state index is 12.1. The highest BCUT2D eigenvalue weighted by molar-refractivity contribution is 5.76. The van der Waals surface area contributed by atoms with Crippen LogP contribution < -0.4 is 5.32 Å². The highest BCUT2D eigenvalue weighted by Gasteiger charge is 2.20. The largest absolute Gasteiger partial charge is 0.458 e. The molecule has 0 saturated heterocycles. The van der Waals surface area contributed by atoms with Crippen molar-refractivity contribution in [3.8, 4) is 0 Å². The number of aliphatic hydroxyl groups excluding tert-OH is 1. The van der Waals surface area contributed by atoms with Gasteiger partial charge in [-0.05, 0) is 38.2 Å². The van der Waals surface area contributed by atoms with Crippen LogP contribution in [0.3, 0.4) is 0 Å². The summed E-state index contributed by atoms with van der Waals surface area (Å²) in [6.45, 7) is 5.28. The van der Waals surface area contributed by atoms with Gasteiger partial charge in [-0.1, -0.05) is 31.1 Å². The molecule has 0 aromatic carbocycles. The Bertz CT molecular complexity index is 456. The molecular formula is C18H29NO4. The van der Waals surface area contributed by atoms with Crippen LogP contribution in [0.2, 0.25) is 0 Å². The minimum absolute atomic E-state index is 0.0399. The van der Waals surface area contributed by atoms with Gasteiger partial charge in [-0.15, -0.1) is 0 Å². The summed E-state index contributed by atoms with van der Waals surface area (Å²) in [7, 11) is 0. The third-order valence-electron chi connectivity index (χ3n) is 4.09. The predicted molar refractivity (Wildman–Crippen MR) is 89.7 cm³/mol. The summed E-state index contributed by atoms with van der Waals surface area (Å²) >= 11 is 0. The number of carbonyl (C=O) groups excluding carboxylic acids is 2. The van der Waals surface area contributed by atoms with Gasteiger partial charge in [0.1, 0.15) is 6.10 Å². The number of aliphatic hydroxyl groups is 1. The van der Waals surface area contributed by atoms with E-state index in [4.69, 9.17) is 9.84 Å². The van der Waals surface area contributed by atoms with Gasteiger partial charge in [0.25, 0.3) is 0 Å². The fraction of sp³-hybridized carbons (Fsp3) is 0.667. The van der Waals surface area contributed by atoms with E-state index >= 15 is 0 Å². The zero-order valence-corrected chi connectivity index (χ0v) is 14.4. The minimum Gasteiger partial charge on any atom is -0.458 e. The van der Waals surface area contributed by atoms with Gasteiger partial charge in [-0.25, -0.2) is 0 Å². The highest BCUT2D eigenvalue weighted by Crippen LogP contribution is 2.18. The summed E-state index contributed by atoms with van der Waals surface area (Å²) in [5, 5.41) is 12.2. The fourth-order valence-electron chi connectivity index (χ4n) is 2.80. The lowest BCUT2D eigenvalue weighted by atomic mass is 9.93. The Balaban J connectivity index is 2.94. The molecule has 5 nitrogen and oxygen atoms in total. The molecule has 0 radical (unpaired) electrons. The Morgan fingerprint density at radius 1 is 1.35 bits per heavy atom. The van der Waals surface area contributed by atoms with Gasteiger partial charge < -0.3 is 15.2 Å². The van der Waals surface area contributed by atoms with Crippen LogP contribution in [0.4, 0.5) is 0 Å². The number of hydrogen-bond acceptors (Lipinski definition) is 4. The first-order chi connectivity index (χ1) is 10.9. The second-order valence-corrected chi connectivity index (χ2v) is 6.17. The van der Waals surface area contributed by atoms with Crippen LogP contribution in [-0.4, -0.2) is 35.7 Å². The van der Waals surface area contributed by atoms with Crippen molar-refractivity contribution < 1.29 is 19.4 Å². The van der Waals surface area contributed by atoms with Crippen molar-refractivity contribution in [2.45, 2.75) is 65.0 Å². The second kappa shape index (κ2) is 10.2. The SMILES string of the molecule is CC(=O)OC1C=CC(C)C(C(C)=CCO)NC(=O)CCCCC1. The van der Waals surface area contributed by atoms with Gasteiger partial charge in [0.2, 0.25) is 5.91 Å². The van der Waals surface area contributed by atoms with E-state index in [-0.39, 0.29) is 36.5 Å². The molecule has 1 amide bonds. The van der Waals surface area contributed by atoms with Crippen molar-refractivity contribution in [1.29, 1.82) is 0 Å². The fourth-order valence-corrected chi connectivity index (χ4v) is 2.80. The molecule has 5 heteroatoms. The zero-order chi connectivity index (χ0) is 17.2. The molecule has 3 unspecified atom stereocenters. The van der Waals surface area contributed by atoms with Gasteiger partial charge in [0.15, 0.2) is 0 Å². The lowest BCUT2D eigenvalue weighted by molar-refractivity contribution is -0.144. The molecule has 1 aliphatic heterocycles. The summed E-state index contributed by atoms with van der Waals surface area (Å²) in [4.78, 5) is 23.3. The van der Waals surface area contributed by atoms with Crippen LogP contribution in [0.15, 0.2) is 23.8 Å². The summed E-state index contributed by atoms with van der Waals surface area (Å²) in [6.07, 6.45) is 9.36. The quantitative estimate of drug-likeness (QED) is 0.618. The number of hydrogen-bond donors (Lipinski definition) is 2. The van der Waals surface area contributed by atoms with Gasteiger partial charge in [-0.3, -0.25) is 9.59 Å². The van der Waals surface area contributed by atoms with Crippen molar-refractivity contribution in [3.05, 3.63) is 23.8 Å². The molecule has 0 saturated carbocycles. The maximum Gasteiger partial charge on any atom is 0.303 e. The summed E-state index contributed by atoms with van der Waals surface area (Å²) in [5.41, 5.74) is 0.930. The van der Waals surface area contributed by atoms with E-state index in [1.807, 2.05) is 26.0 Å². The molecule has 0 aliphatic carbocycles.